The van der Waals surface area contributed by atoms with Crippen molar-refractivity contribution >= 4 is 175 Å². The number of carbonyl (C=O) groups excluding carboxylic acids is 4. The van der Waals surface area contributed by atoms with E-state index in [1.54, 1.807) is 0 Å². The summed E-state index contributed by atoms with van der Waals surface area (Å²) in [6.45, 7) is 4.08. The molecule has 4 aliphatic carbocycles. The second-order valence-corrected chi connectivity index (χ2v) is 39.4. The van der Waals surface area contributed by atoms with Gasteiger partial charge in [-0.1, -0.05) is 112 Å². The lowest BCUT2D eigenvalue weighted by Crippen LogP contribution is -2.41. The van der Waals surface area contributed by atoms with Crippen molar-refractivity contribution in [1.82, 2.24) is 39.0 Å². The molecule has 127 heavy (non-hydrogen) atoms. The Bertz CT molecular complexity index is 7300. The summed E-state index contributed by atoms with van der Waals surface area (Å²) in [7, 11) is -29.0. The molecular weight excluding hydrogens is 1770 g/mol. The molecule has 40 nitrogen and oxygen atoms in total. The lowest BCUT2D eigenvalue weighted by Gasteiger charge is -2.42. The summed E-state index contributed by atoms with van der Waals surface area (Å²) in [5.74, 6) is -5.53. The lowest BCUT2D eigenvalue weighted by atomic mass is 9.67. The SMILES string of the molecule is CC1C(CC2CCCC(Nc3nc(N)nc(Nc4cc(Nc5ccc6c7c5C(=O)c5ccccc5-c7c(C(=O)c5cccc(S(=O)(=O)O)c5)c(=O)n6C)c(S(=O)(=O)O)cc4S(=O)(=O)O)n3)C2C)CCCC1Nc1nc(N)nc(Nc2cc(Nc3ccc4c5c3C(=O)c3ccccc3-c5c(C(=O)c3cccc(S(=O)(=O)O)c3)c(=O)n4C)c(S(=O)(=O)O)cc2S(=O)(=O)O)n1. The van der Waals surface area contributed by atoms with Gasteiger partial charge < -0.3 is 52.5 Å². The van der Waals surface area contributed by atoms with Crippen molar-refractivity contribution in [3.05, 3.63) is 211 Å². The number of benzene rings is 8. The monoisotopic (exact) mass is 1840 g/mol. The number of hydrogen-bond acceptors (Lipinski definition) is 32. The fourth-order valence-corrected chi connectivity index (χ4v) is 21.3. The average Bonchev–Trinajstić information content (AvgIpc) is 0.708. The number of rotatable bonds is 24. The molecule has 6 unspecified atom stereocenters. The van der Waals surface area contributed by atoms with Crippen molar-refractivity contribution in [2.24, 2.45) is 37.8 Å². The Morgan fingerprint density at radius 2 is 0.724 bits per heavy atom. The Balaban J connectivity index is 0.649. The molecule has 0 bridgehead atoms. The summed E-state index contributed by atoms with van der Waals surface area (Å²) in [6, 6.07) is 27.4. The van der Waals surface area contributed by atoms with E-state index in [2.05, 4.69) is 61.8 Å². The molecule has 4 aromatic heterocycles. The first kappa shape index (κ1) is 87.2. The first-order valence-electron chi connectivity index (χ1n) is 38.5. The van der Waals surface area contributed by atoms with E-state index < -0.39 is 182 Å². The van der Waals surface area contributed by atoms with Gasteiger partial charge in [0.1, 0.15) is 19.6 Å². The van der Waals surface area contributed by atoms with Crippen LogP contribution in [-0.2, 0) is 74.8 Å². The number of anilines is 12. The molecular formula is C81H72N16O24S6. The van der Waals surface area contributed by atoms with Crippen LogP contribution in [0.3, 0.4) is 0 Å². The van der Waals surface area contributed by atoms with Gasteiger partial charge in [-0.2, -0.15) is 80.4 Å². The number of pyridine rings is 2. The summed E-state index contributed by atoms with van der Waals surface area (Å²) in [5, 5.41) is 17.6. The molecule has 46 heteroatoms. The zero-order valence-electron chi connectivity index (χ0n) is 66.5. The minimum absolute atomic E-state index is 0.0366. The van der Waals surface area contributed by atoms with Crippen molar-refractivity contribution in [2.45, 2.75) is 100 Å². The van der Waals surface area contributed by atoms with E-state index in [1.165, 1.54) is 111 Å². The van der Waals surface area contributed by atoms with Crippen molar-refractivity contribution in [3.63, 3.8) is 0 Å². The normalized spacial score (nSPS) is 17.7. The minimum atomic E-state index is -5.49. The number of nitrogens with zero attached hydrogens (tertiary/aromatic N) is 8. The third-order valence-corrected chi connectivity index (χ3v) is 28.8. The van der Waals surface area contributed by atoms with E-state index in [9.17, 15) is 107 Å². The standard InChI is InChI=1S/C81H72N16O24S6/c1-36-38(13-11-23-48(36)86-78-90-76(82)92-80(94-78)88-54-32-52(58(124(110,111)112)34-60(54)126(116,117)118)84-50-25-27-56-66-62(44-19-5-7-21-46(44)72(100)64(50)66)68(74(102)96(56)3)70(98)40-15-9-17-42(30-40)122(104,105)106)29-39-14-12-24-49(37(39)2)87-79-91-77(83)93-81(95-79)89-55-33-53(59(125(113,114)115)35-61(55)127(119,120)121)85-51-26-28-57-67-63(45-20-6-8-22-47(45)73(101)65(51)67)69(75(103)97(57)4)71(99)41-16-10-18-43(31-41)123(107,108)109/h5-10,15-22,25-28,30-39,48-49,84-85H,11-14,23-24,29H2,1-4H3,(H,104,105,106)(H,107,108,109)(H,110,111,112)(H,113,114,115)(H,116,117,118)(H,119,120,121)(H4,82,86,88,90,92,94)(H4,83,87,89,91,93,95). The highest BCUT2D eigenvalue weighted by molar-refractivity contribution is 7.87. The number of aromatic nitrogens is 8. The van der Waals surface area contributed by atoms with Crippen molar-refractivity contribution in [1.29, 1.82) is 0 Å². The summed E-state index contributed by atoms with van der Waals surface area (Å²) in [4.78, 5) is 108. The second-order valence-electron chi connectivity index (χ2n) is 31.0. The van der Waals surface area contributed by atoms with Gasteiger partial charge in [-0.3, -0.25) is 56.1 Å². The third-order valence-electron chi connectivity index (χ3n) is 23.5. The predicted molar refractivity (Wildman–Crippen MR) is 462 cm³/mol. The molecule has 4 heterocycles. The molecule has 0 spiro atoms. The zero-order valence-corrected chi connectivity index (χ0v) is 71.4. The second kappa shape index (κ2) is 32.0. The number of nitrogens with one attached hydrogen (secondary N) is 6. The van der Waals surface area contributed by atoms with Crippen LogP contribution in [0.1, 0.15) is 122 Å². The fraction of sp³-hybridized carbons (Fsp3) is 0.210. The molecule has 16 N–H and O–H groups in total. The first-order valence-corrected chi connectivity index (χ1v) is 47.2. The highest BCUT2D eigenvalue weighted by atomic mass is 32.2. The van der Waals surface area contributed by atoms with Crippen LogP contribution in [0.15, 0.2) is 185 Å². The molecule has 4 aliphatic rings. The van der Waals surface area contributed by atoms with E-state index in [0.717, 1.165) is 58.4 Å². The largest absolute Gasteiger partial charge is 0.368 e. The molecule has 2 fully saturated rings. The number of nitrogens with two attached hydrogens (primary N) is 2. The maximum absolute atomic E-state index is 14.9. The lowest BCUT2D eigenvalue weighted by molar-refractivity contribution is 0.102. The molecule has 12 aromatic rings. The van der Waals surface area contributed by atoms with E-state index in [1.807, 2.05) is 13.8 Å². The van der Waals surface area contributed by atoms with Crippen LogP contribution in [0, 0.1) is 23.7 Å². The van der Waals surface area contributed by atoms with Gasteiger partial charge in [0, 0.05) is 70.3 Å². The molecule has 2 saturated carbocycles. The van der Waals surface area contributed by atoms with Crippen LogP contribution in [0.4, 0.5) is 69.8 Å². The zero-order chi connectivity index (χ0) is 91.1. The van der Waals surface area contributed by atoms with Gasteiger partial charge in [-0.15, -0.1) is 0 Å². The Morgan fingerprint density at radius 3 is 1.07 bits per heavy atom. The summed E-state index contributed by atoms with van der Waals surface area (Å²) < 4.78 is 221. The molecule has 656 valence electrons. The minimum Gasteiger partial charge on any atom is -0.368 e. The van der Waals surface area contributed by atoms with Crippen LogP contribution >= 0.6 is 0 Å². The first-order chi connectivity index (χ1) is 59.7. The van der Waals surface area contributed by atoms with Gasteiger partial charge in [0.2, 0.25) is 35.7 Å². The van der Waals surface area contributed by atoms with Crippen molar-refractivity contribution in [3.8, 4) is 22.3 Å². The Kier molecular flexibility index (Phi) is 22.0. The summed E-state index contributed by atoms with van der Waals surface area (Å²) >= 11 is 0. The smallest absolute Gasteiger partial charge is 0.296 e. The Labute approximate surface area is 721 Å². The molecule has 16 rings (SSSR count). The summed E-state index contributed by atoms with van der Waals surface area (Å²) in [5.41, 5.74) is 5.59. The molecule has 0 saturated heterocycles. The quantitative estimate of drug-likeness (QED) is 0.0197. The van der Waals surface area contributed by atoms with Crippen molar-refractivity contribution < 1.29 is 97.0 Å². The maximum Gasteiger partial charge on any atom is 0.296 e. The van der Waals surface area contributed by atoms with Gasteiger partial charge in [-0.05, 0) is 127 Å². The van der Waals surface area contributed by atoms with E-state index in [-0.39, 0.29) is 136 Å². The number of fused-ring (bicyclic) bond motifs is 4. The van der Waals surface area contributed by atoms with Gasteiger partial charge in [-0.25, -0.2) is 0 Å². The molecule has 0 aliphatic heterocycles. The average molecular weight is 1850 g/mol. The van der Waals surface area contributed by atoms with E-state index in [0.29, 0.717) is 44.2 Å². The molecule has 6 atom stereocenters. The topological polar surface area (TPSA) is 640 Å². The highest BCUT2D eigenvalue weighted by Crippen LogP contribution is 2.50. The summed E-state index contributed by atoms with van der Waals surface area (Å²) in [6.07, 6.45) is 4.89. The van der Waals surface area contributed by atoms with Gasteiger partial charge in [0.25, 0.3) is 71.8 Å². The van der Waals surface area contributed by atoms with E-state index in [4.69, 9.17) is 11.5 Å². The van der Waals surface area contributed by atoms with Gasteiger partial charge in [0.15, 0.2) is 23.1 Å². The number of ketones is 4. The molecule has 8 aromatic carbocycles. The highest BCUT2D eigenvalue weighted by Gasteiger charge is 2.41. The fourth-order valence-electron chi connectivity index (χ4n) is 17.5. The molecule has 0 amide bonds. The Hall–Kier alpha value is -13.3. The maximum atomic E-state index is 14.9. The van der Waals surface area contributed by atoms with Crippen LogP contribution in [0.5, 0.6) is 0 Å². The van der Waals surface area contributed by atoms with Gasteiger partial charge in [0.05, 0.1) is 77.2 Å². The van der Waals surface area contributed by atoms with Crippen molar-refractivity contribution in [2.75, 3.05) is 43.4 Å². The van der Waals surface area contributed by atoms with Crippen LogP contribution in [-0.4, -0.2) is 152 Å². The number of nitrogen functional groups attached to an aromatic ring is 2. The van der Waals surface area contributed by atoms with Crippen LogP contribution in [0.25, 0.3) is 44.1 Å². The Morgan fingerprint density at radius 1 is 0.386 bits per heavy atom. The number of aryl methyl sites for hydroxylation is 2. The molecule has 0 radical (unpaired) electrons. The number of hydrogen-bond donors (Lipinski definition) is 14. The predicted octanol–water partition coefficient (Wildman–Crippen LogP) is 9.79. The van der Waals surface area contributed by atoms with Crippen LogP contribution < -0.4 is 54.5 Å². The third kappa shape index (κ3) is 16.4. The van der Waals surface area contributed by atoms with E-state index >= 15 is 0 Å². The van der Waals surface area contributed by atoms with Gasteiger partial charge >= 0.3 is 0 Å². The van der Waals surface area contributed by atoms with Crippen LogP contribution in [0.2, 0.25) is 0 Å². The number of carbonyl (C=O) groups is 4.